The van der Waals surface area contributed by atoms with E-state index in [0.717, 1.165) is 17.9 Å². The van der Waals surface area contributed by atoms with Crippen molar-refractivity contribution >= 4 is 0 Å². The highest BCUT2D eigenvalue weighted by Gasteiger charge is 2.00. The molecule has 0 fully saturated rings. The van der Waals surface area contributed by atoms with Crippen molar-refractivity contribution in [2.45, 2.75) is 40.0 Å². The molecule has 0 spiro atoms. The lowest BCUT2D eigenvalue weighted by molar-refractivity contribution is 0.393. The molecular weight excluding hydrogens is 200 g/mol. The van der Waals surface area contributed by atoms with E-state index in [0.29, 0.717) is 0 Å². The van der Waals surface area contributed by atoms with E-state index in [-0.39, 0.29) is 0 Å². The van der Waals surface area contributed by atoms with Gasteiger partial charge in [0.05, 0.1) is 14.2 Å². The van der Waals surface area contributed by atoms with E-state index >= 15 is 0 Å². The molecule has 0 aliphatic carbocycles. The molecule has 0 unspecified atom stereocenters. The SMILES string of the molecule is CC.CCCCc1cc(OC)cc(OC)c1. The molecule has 0 aromatic heterocycles. The van der Waals surface area contributed by atoms with Gasteiger partial charge < -0.3 is 9.47 Å². The van der Waals surface area contributed by atoms with Crippen molar-refractivity contribution in [2.24, 2.45) is 0 Å². The molecule has 0 saturated heterocycles. The average molecular weight is 224 g/mol. The van der Waals surface area contributed by atoms with Crippen LogP contribution in [0.2, 0.25) is 0 Å². The summed E-state index contributed by atoms with van der Waals surface area (Å²) in [6.07, 6.45) is 3.50. The number of benzene rings is 1. The molecule has 0 aliphatic heterocycles. The van der Waals surface area contributed by atoms with E-state index in [1.807, 2.05) is 19.9 Å². The molecule has 1 rings (SSSR count). The first-order valence-electron chi connectivity index (χ1n) is 6.02. The van der Waals surface area contributed by atoms with Crippen LogP contribution in [0.1, 0.15) is 39.2 Å². The van der Waals surface area contributed by atoms with Crippen LogP contribution in [0.25, 0.3) is 0 Å². The van der Waals surface area contributed by atoms with Crippen LogP contribution in [0, 0.1) is 0 Å². The lowest BCUT2D eigenvalue weighted by Crippen LogP contribution is -1.91. The van der Waals surface area contributed by atoms with E-state index < -0.39 is 0 Å². The highest BCUT2D eigenvalue weighted by atomic mass is 16.5. The Morgan fingerprint density at radius 1 is 0.938 bits per heavy atom. The van der Waals surface area contributed by atoms with Crippen LogP contribution in [0.5, 0.6) is 11.5 Å². The molecule has 1 aromatic carbocycles. The van der Waals surface area contributed by atoms with Crippen LogP contribution in [0.3, 0.4) is 0 Å². The summed E-state index contributed by atoms with van der Waals surface area (Å²) >= 11 is 0. The Balaban J connectivity index is 0.00000106. The molecule has 0 heterocycles. The van der Waals surface area contributed by atoms with Crippen LogP contribution in [-0.2, 0) is 6.42 Å². The second-order valence-electron chi connectivity index (χ2n) is 3.32. The average Bonchev–Trinajstić information content (AvgIpc) is 2.38. The monoisotopic (exact) mass is 224 g/mol. The van der Waals surface area contributed by atoms with Gasteiger partial charge in [0.1, 0.15) is 11.5 Å². The van der Waals surface area contributed by atoms with Crippen LogP contribution >= 0.6 is 0 Å². The van der Waals surface area contributed by atoms with Crippen molar-refractivity contribution in [3.63, 3.8) is 0 Å². The highest BCUT2D eigenvalue weighted by molar-refractivity contribution is 5.38. The second-order valence-corrected chi connectivity index (χ2v) is 3.32. The lowest BCUT2D eigenvalue weighted by Gasteiger charge is -2.07. The van der Waals surface area contributed by atoms with Gasteiger partial charge in [-0.15, -0.1) is 0 Å². The molecule has 92 valence electrons. The van der Waals surface area contributed by atoms with Crippen molar-refractivity contribution in [1.29, 1.82) is 0 Å². The fourth-order valence-electron chi connectivity index (χ4n) is 1.39. The standard InChI is InChI=1S/C12H18O2.C2H6/c1-4-5-6-10-7-11(13-2)9-12(8-10)14-3;1-2/h7-9H,4-6H2,1-3H3;1-2H3. The predicted octanol–water partition coefficient (Wildman–Crippen LogP) is 4.07. The molecule has 0 N–H and O–H groups in total. The maximum atomic E-state index is 5.20. The number of methoxy groups -OCH3 is 2. The summed E-state index contributed by atoms with van der Waals surface area (Å²) in [5.74, 6) is 1.74. The van der Waals surface area contributed by atoms with Crippen molar-refractivity contribution in [3.8, 4) is 11.5 Å². The van der Waals surface area contributed by atoms with E-state index in [1.54, 1.807) is 14.2 Å². The summed E-state index contributed by atoms with van der Waals surface area (Å²) in [6.45, 7) is 6.19. The van der Waals surface area contributed by atoms with Crippen molar-refractivity contribution < 1.29 is 9.47 Å². The topological polar surface area (TPSA) is 18.5 Å². The maximum absolute atomic E-state index is 5.20. The van der Waals surface area contributed by atoms with Gasteiger partial charge in [0.25, 0.3) is 0 Å². The molecule has 0 saturated carbocycles. The zero-order chi connectivity index (χ0) is 12.4. The van der Waals surface area contributed by atoms with E-state index in [9.17, 15) is 0 Å². The second kappa shape index (κ2) is 9.08. The van der Waals surface area contributed by atoms with E-state index in [2.05, 4.69) is 19.1 Å². The molecule has 0 aliphatic rings. The number of hydrogen-bond donors (Lipinski definition) is 0. The largest absolute Gasteiger partial charge is 0.497 e. The van der Waals surface area contributed by atoms with Crippen LogP contribution in [-0.4, -0.2) is 14.2 Å². The first-order valence-corrected chi connectivity index (χ1v) is 6.02. The van der Waals surface area contributed by atoms with Gasteiger partial charge in [0.15, 0.2) is 0 Å². The van der Waals surface area contributed by atoms with Gasteiger partial charge in [0, 0.05) is 6.07 Å². The fraction of sp³-hybridized carbons (Fsp3) is 0.571. The summed E-state index contributed by atoms with van der Waals surface area (Å²) in [4.78, 5) is 0. The summed E-state index contributed by atoms with van der Waals surface area (Å²) in [7, 11) is 3.36. The number of hydrogen-bond acceptors (Lipinski definition) is 2. The third kappa shape index (κ3) is 5.06. The van der Waals surface area contributed by atoms with Crippen molar-refractivity contribution in [2.75, 3.05) is 14.2 Å². The van der Waals surface area contributed by atoms with Gasteiger partial charge in [-0.05, 0) is 30.5 Å². The normalized spacial score (nSPS) is 9.06. The summed E-state index contributed by atoms with van der Waals surface area (Å²) in [5, 5.41) is 0. The lowest BCUT2D eigenvalue weighted by atomic mass is 10.1. The van der Waals surface area contributed by atoms with Crippen LogP contribution in [0.15, 0.2) is 18.2 Å². The van der Waals surface area contributed by atoms with Gasteiger partial charge >= 0.3 is 0 Å². The fourth-order valence-corrected chi connectivity index (χ4v) is 1.39. The van der Waals surface area contributed by atoms with Gasteiger partial charge in [-0.1, -0.05) is 27.2 Å². The zero-order valence-electron chi connectivity index (χ0n) is 11.2. The number of aryl methyl sites for hydroxylation is 1. The van der Waals surface area contributed by atoms with Gasteiger partial charge in [-0.3, -0.25) is 0 Å². The highest BCUT2D eigenvalue weighted by Crippen LogP contribution is 2.23. The molecule has 0 amide bonds. The first kappa shape index (κ1) is 14.8. The Bertz CT molecular complexity index is 260. The Morgan fingerprint density at radius 3 is 1.81 bits per heavy atom. The van der Waals surface area contributed by atoms with E-state index in [4.69, 9.17) is 9.47 Å². The number of ether oxygens (including phenoxy) is 2. The van der Waals surface area contributed by atoms with Gasteiger partial charge in [0.2, 0.25) is 0 Å². The molecular formula is C14H24O2. The molecule has 2 heteroatoms. The summed E-state index contributed by atoms with van der Waals surface area (Å²) in [6, 6.07) is 6.03. The number of rotatable bonds is 5. The Kier molecular flexibility index (Phi) is 8.41. The minimum absolute atomic E-state index is 0.871. The van der Waals surface area contributed by atoms with Crippen LogP contribution in [0.4, 0.5) is 0 Å². The summed E-state index contributed by atoms with van der Waals surface area (Å²) < 4.78 is 10.4. The molecule has 0 atom stereocenters. The minimum atomic E-state index is 0.871. The van der Waals surface area contributed by atoms with Crippen molar-refractivity contribution in [1.82, 2.24) is 0 Å². The van der Waals surface area contributed by atoms with E-state index in [1.165, 1.54) is 18.4 Å². The molecule has 2 nitrogen and oxygen atoms in total. The third-order valence-electron chi connectivity index (χ3n) is 2.23. The molecule has 0 bridgehead atoms. The van der Waals surface area contributed by atoms with Gasteiger partial charge in [-0.2, -0.15) is 0 Å². The molecule has 0 radical (unpaired) electrons. The first-order chi connectivity index (χ1) is 7.80. The summed E-state index contributed by atoms with van der Waals surface area (Å²) in [5.41, 5.74) is 1.28. The van der Waals surface area contributed by atoms with Crippen LogP contribution < -0.4 is 9.47 Å². The minimum Gasteiger partial charge on any atom is -0.497 e. The Morgan fingerprint density at radius 2 is 1.44 bits per heavy atom. The van der Waals surface area contributed by atoms with Crippen molar-refractivity contribution in [3.05, 3.63) is 23.8 Å². The number of unbranched alkanes of at least 4 members (excludes halogenated alkanes) is 1. The smallest absolute Gasteiger partial charge is 0.122 e. The zero-order valence-corrected chi connectivity index (χ0v) is 11.2. The Labute approximate surface area is 99.6 Å². The molecule has 16 heavy (non-hydrogen) atoms. The van der Waals surface area contributed by atoms with Gasteiger partial charge in [-0.25, -0.2) is 0 Å². The Hall–Kier alpha value is -1.18. The third-order valence-corrected chi connectivity index (χ3v) is 2.23. The predicted molar refractivity (Wildman–Crippen MR) is 69.5 cm³/mol. The maximum Gasteiger partial charge on any atom is 0.122 e. The molecule has 1 aromatic rings. The quantitative estimate of drug-likeness (QED) is 0.750.